The molecule has 0 unspecified atom stereocenters. The monoisotopic (exact) mass is 577 g/mol. The standard InChI is InChI=1S/C29H36ClNO9/c30-21-6-5-7-24(16-21)38-19-22(32)12-15-26-25(27(33)17-28(26)34)8-3-1-2-4-9-29(35)40-23-13-10-20(11-14-23)18-39-31(36)37/h1,3,5-7,10-11,13-14,16,22,25-28,32-34H,2,4,8-9,12,15,17-19H2/b3-1-/t22-,25-,26-,27+,28-/m1/s1. The Hall–Kier alpha value is -3.18. The molecular formula is C29H36ClNO9. The molecule has 218 valence electrons. The summed E-state index contributed by atoms with van der Waals surface area (Å²) in [4.78, 5) is 26.6. The Morgan fingerprint density at radius 2 is 1.85 bits per heavy atom. The maximum Gasteiger partial charge on any atom is 0.311 e. The summed E-state index contributed by atoms with van der Waals surface area (Å²) in [6.07, 6.45) is 5.34. The van der Waals surface area contributed by atoms with E-state index in [4.69, 9.17) is 21.1 Å². The van der Waals surface area contributed by atoms with Gasteiger partial charge < -0.3 is 29.6 Å². The zero-order valence-electron chi connectivity index (χ0n) is 22.1. The summed E-state index contributed by atoms with van der Waals surface area (Å²) < 4.78 is 10.9. The number of aliphatic hydroxyl groups excluding tert-OH is 3. The van der Waals surface area contributed by atoms with Crippen molar-refractivity contribution >= 4 is 17.6 Å². The minimum Gasteiger partial charge on any atom is -0.491 e. The lowest BCUT2D eigenvalue weighted by Gasteiger charge is -2.23. The van der Waals surface area contributed by atoms with Crippen molar-refractivity contribution in [3.8, 4) is 11.5 Å². The lowest BCUT2D eigenvalue weighted by atomic mass is 9.86. The van der Waals surface area contributed by atoms with Gasteiger partial charge in [-0.05, 0) is 86.3 Å². The van der Waals surface area contributed by atoms with Crippen LogP contribution in [0.15, 0.2) is 60.7 Å². The first-order valence-electron chi connectivity index (χ1n) is 13.4. The molecule has 11 heteroatoms. The summed E-state index contributed by atoms with van der Waals surface area (Å²) in [6.45, 7) is -0.0597. The van der Waals surface area contributed by atoms with Crippen LogP contribution in [-0.2, 0) is 16.2 Å². The number of hydrogen-bond donors (Lipinski definition) is 3. The molecule has 0 radical (unpaired) electrons. The fourth-order valence-corrected chi connectivity index (χ4v) is 5.00. The summed E-state index contributed by atoms with van der Waals surface area (Å²) >= 11 is 5.95. The summed E-state index contributed by atoms with van der Waals surface area (Å²) in [5.74, 6) is 0.307. The SMILES string of the molecule is O=C(CCC/C=C\C[C@@H]1[C@@H](CC[C@@H](O)COc2cccc(Cl)c2)[C@H](O)C[C@@H]1O)Oc1ccc(CO[N+](=O)[O-])cc1. The largest absolute Gasteiger partial charge is 0.491 e. The Morgan fingerprint density at radius 3 is 2.58 bits per heavy atom. The highest BCUT2D eigenvalue weighted by Gasteiger charge is 2.40. The van der Waals surface area contributed by atoms with Crippen LogP contribution < -0.4 is 9.47 Å². The van der Waals surface area contributed by atoms with Crippen LogP contribution in [-0.4, -0.2) is 51.3 Å². The zero-order valence-corrected chi connectivity index (χ0v) is 22.9. The fourth-order valence-electron chi connectivity index (χ4n) is 4.82. The van der Waals surface area contributed by atoms with E-state index in [0.717, 1.165) is 0 Å². The van der Waals surface area contributed by atoms with Gasteiger partial charge in [-0.25, -0.2) is 0 Å². The molecule has 3 rings (SSSR count). The van der Waals surface area contributed by atoms with Crippen molar-refractivity contribution in [2.75, 3.05) is 6.61 Å². The molecule has 1 saturated carbocycles. The number of allylic oxidation sites excluding steroid dienone is 2. The van der Waals surface area contributed by atoms with Gasteiger partial charge in [-0.1, -0.05) is 42.0 Å². The number of rotatable bonds is 16. The minimum atomic E-state index is -0.867. The predicted octanol–water partition coefficient (Wildman–Crippen LogP) is 4.65. The Morgan fingerprint density at radius 1 is 1.10 bits per heavy atom. The van der Waals surface area contributed by atoms with Crippen LogP contribution in [0.3, 0.4) is 0 Å². The number of halogens is 1. The van der Waals surface area contributed by atoms with Gasteiger partial charge in [0, 0.05) is 11.4 Å². The molecule has 0 spiro atoms. The molecule has 0 amide bonds. The first-order chi connectivity index (χ1) is 19.2. The van der Waals surface area contributed by atoms with Crippen molar-refractivity contribution in [2.45, 2.75) is 69.9 Å². The summed E-state index contributed by atoms with van der Waals surface area (Å²) in [5, 5.41) is 41.2. The maximum absolute atomic E-state index is 12.1. The fraction of sp³-hybridized carbons (Fsp3) is 0.483. The summed E-state index contributed by atoms with van der Waals surface area (Å²) in [6, 6.07) is 13.2. The van der Waals surface area contributed by atoms with Crippen molar-refractivity contribution in [1.29, 1.82) is 0 Å². The number of ether oxygens (including phenoxy) is 2. The topological polar surface area (TPSA) is 149 Å². The molecule has 40 heavy (non-hydrogen) atoms. The molecule has 0 saturated heterocycles. The van der Waals surface area contributed by atoms with Crippen LogP contribution in [0.2, 0.25) is 5.02 Å². The lowest BCUT2D eigenvalue weighted by Crippen LogP contribution is -2.25. The highest BCUT2D eigenvalue weighted by molar-refractivity contribution is 6.30. The molecule has 2 aromatic rings. The molecule has 0 aromatic heterocycles. The number of aliphatic hydroxyl groups is 3. The number of carbonyl (C=O) groups is 1. The van der Waals surface area contributed by atoms with Gasteiger partial charge in [0.05, 0.1) is 18.3 Å². The Balaban J connectivity index is 1.34. The smallest absolute Gasteiger partial charge is 0.311 e. The average Bonchev–Trinajstić information content (AvgIpc) is 3.19. The van der Waals surface area contributed by atoms with E-state index in [-0.39, 0.29) is 37.4 Å². The number of benzene rings is 2. The molecule has 2 aromatic carbocycles. The number of hydrogen-bond acceptors (Lipinski definition) is 9. The van der Waals surface area contributed by atoms with Crippen molar-refractivity contribution in [2.24, 2.45) is 11.8 Å². The second-order valence-electron chi connectivity index (χ2n) is 9.91. The second kappa shape index (κ2) is 16.2. The Labute approximate surface area is 238 Å². The number of carbonyl (C=O) groups excluding carboxylic acids is 1. The molecule has 1 fully saturated rings. The van der Waals surface area contributed by atoms with Gasteiger partial charge in [0.15, 0.2) is 0 Å². The Bertz CT molecular complexity index is 1110. The van der Waals surface area contributed by atoms with E-state index in [1.165, 1.54) is 0 Å². The zero-order chi connectivity index (χ0) is 28.9. The van der Waals surface area contributed by atoms with E-state index >= 15 is 0 Å². The van der Waals surface area contributed by atoms with Crippen molar-refractivity contribution in [3.63, 3.8) is 0 Å². The number of unbranched alkanes of at least 4 members (excludes halogenated alkanes) is 1. The van der Waals surface area contributed by atoms with Gasteiger partial charge in [-0.2, -0.15) is 0 Å². The molecule has 1 aliphatic carbocycles. The molecule has 5 atom stereocenters. The summed E-state index contributed by atoms with van der Waals surface area (Å²) in [5.41, 5.74) is 0.586. The molecule has 0 heterocycles. The average molecular weight is 578 g/mol. The van der Waals surface area contributed by atoms with Crippen LogP contribution in [0.1, 0.15) is 50.5 Å². The van der Waals surface area contributed by atoms with Gasteiger partial charge >= 0.3 is 5.97 Å². The van der Waals surface area contributed by atoms with E-state index in [9.17, 15) is 30.2 Å². The highest BCUT2D eigenvalue weighted by atomic mass is 35.5. The van der Waals surface area contributed by atoms with E-state index < -0.39 is 23.4 Å². The van der Waals surface area contributed by atoms with E-state index in [0.29, 0.717) is 60.6 Å². The van der Waals surface area contributed by atoms with Gasteiger partial charge in [0.1, 0.15) is 24.7 Å². The molecule has 1 aliphatic rings. The van der Waals surface area contributed by atoms with Gasteiger partial charge in [-0.3, -0.25) is 4.79 Å². The predicted molar refractivity (Wildman–Crippen MR) is 147 cm³/mol. The lowest BCUT2D eigenvalue weighted by molar-refractivity contribution is -0.763. The number of nitrogens with zero attached hydrogens (tertiary/aromatic N) is 1. The van der Waals surface area contributed by atoms with Crippen LogP contribution in [0.25, 0.3) is 0 Å². The molecule has 0 bridgehead atoms. The van der Waals surface area contributed by atoms with Crippen molar-refractivity contribution in [3.05, 3.63) is 81.4 Å². The maximum atomic E-state index is 12.1. The first-order valence-corrected chi connectivity index (χ1v) is 13.7. The third-order valence-corrected chi connectivity index (χ3v) is 7.15. The van der Waals surface area contributed by atoms with Gasteiger partial charge in [0.2, 0.25) is 0 Å². The quantitative estimate of drug-likeness (QED) is 0.0647. The highest BCUT2D eigenvalue weighted by Crippen LogP contribution is 2.38. The normalized spacial score (nSPS) is 21.3. The molecule has 3 N–H and O–H groups in total. The first kappa shape index (κ1) is 31.3. The van der Waals surface area contributed by atoms with Crippen LogP contribution in [0.4, 0.5) is 0 Å². The van der Waals surface area contributed by atoms with Gasteiger partial charge in [0.25, 0.3) is 5.09 Å². The summed E-state index contributed by atoms with van der Waals surface area (Å²) in [7, 11) is 0. The second-order valence-corrected chi connectivity index (χ2v) is 10.3. The van der Waals surface area contributed by atoms with E-state index in [1.807, 2.05) is 12.2 Å². The van der Waals surface area contributed by atoms with Crippen molar-refractivity contribution < 1.29 is 39.5 Å². The molecule has 0 aliphatic heterocycles. The molecular weight excluding hydrogens is 542 g/mol. The van der Waals surface area contributed by atoms with Crippen LogP contribution in [0, 0.1) is 22.0 Å². The van der Waals surface area contributed by atoms with Crippen molar-refractivity contribution in [1.82, 2.24) is 0 Å². The van der Waals surface area contributed by atoms with E-state index in [2.05, 4.69) is 4.84 Å². The number of esters is 1. The van der Waals surface area contributed by atoms with Crippen LogP contribution >= 0.6 is 11.6 Å². The Kier molecular flexibility index (Phi) is 12.7. The molecule has 10 nitrogen and oxygen atoms in total. The van der Waals surface area contributed by atoms with Crippen LogP contribution in [0.5, 0.6) is 11.5 Å². The third-order valence-electron chi connectivity index (χ3n) is 6.91. The van der Waals surface area contributed by atoms with E-state index in [1.54, 1.807) is 48.5 Å². The minimum absolute atomic E-state index is 0.114. The van der Waals surface area contributed by atoms with Gasteiger partial charge in [-0.15, -0.1) is 10.1 Å². The third kappa shape index (κ3) is 10.8.